The van der Waals surface area contributed by atoms with E-state index < -0.39 is 45.5 Å². The van der Waals surface area contributed by atoms with Gasteiger partial charge in [-0.15, -0.1) is 0 Å². The minimum Gasteiger partial charge on any atom is -0.755 e. The summed E-state index contributed by atoms with van der Waals surface area (Å²) in [7, 11) is 0. The first-order chi connectivity index (χ1) is 22.3. The van der Waals surface area contributed by atoms with Crippen molar-refractivity contribution in [1.29, 1.82) is 5.26 Å². The van der Waals surface area contributed by atoms with Gasteiger partial charge in [-0.2, -0.15) is 5.26 Å². The SMILES string of the molecule is CC(C)(C)NC(=O)O[C@@H](Cc1ccc(OCc2ccc(C#N)cc2)cc1)C(=O)N(c1ccc(NC2CCCC2)c([N+](=O)[O-])c1)S(=O)[O-]. The van der Waals surface area contributed by atoms with Crippen LogP contribution in [0, 0.1) is 21.4 Å². The molecule has 248 valence electrons. The minimum absolute atomic E-state index is 0.0535. The first kappa shape index (κ1) is 34.9. The molecule has 14 heteroatoms. The van der Waals surface area contributed by atoms with Crippen molar-refractivity contribution >= 4 is 40.3 Å². The minimum atomic E-state index is -3.21. The Labute approximate surface area is 275 Å². The molecule has 4 rings (SSSR count). The predicted molar refractivity (Wildman–Crippen MR) is 174 cm³/mol. The quantitative estimate of drug-likeness (QED) is 0.139. The van der Waals surface area contributed by atoms with Gasteiger partial charge in [0, 0.05) is 24.1 Å². The van der Waals surface area contributed by atoms with Gasteiger partial charge < -0.3 is 24.7 Å². The van der Waals surface area contributed by atoms with Crippen LogP contribution in [0.5, 0.6) is 5.75 Å². The van der Waals surface area contributed by atoms with Gasteiger partial charge in [0.2, 0.25) is 0 Å². The summed E-state index contributed by atoms with van der Waals surface area (Å²) in [5.74, 6) is -0.609. The third kappa shape index (κ3) is 9.99. The summed E-state index contributed by atoms with van der Waals surface area (Å²) >= 11 is -3.21. The summed E-state index contributed by atoms with van der Waals surface area (Å²) in [5, 5.41) is 26.7. The number of hydrogen-bond acceptors (Lipinski definition) is 10. The summed E-state index contributed by atoms with van der Waals surface area (Å²) in [4.78, 5) is 37.9. The number of hydrogen-bond donors (Lipinski definition) is 2. The molecule has 2 amide bonds. The van der Waals surface area contributed by atoms with E-state index in [1.807, 2.05) is 0 Å². The van der Waals surface area contributed by atoms with E-state index in [1.54, 1.807) is 69.3 Å². The third-order valence-electron chi connectivity index (χ3n) is 7.31. The van der Waals surface area contributed by atoms with Crippen LogP contribution in [0.2, 0.25) is 0 Å². The zero-order chi connectivity index (χ0) is 34.1. The summed E-state index contributed by atoms with van der Waals surface area (Å²) in [6.07, 6.45) is 0.942. The Balaban J connectivity index is 1.56. The Morgan fingerprint density at radius 2 is 1.70 bits per heavy atom. The van der Waals surface area contributed by atoms with Crippen molar-refractivity contribution in [2.24, 2.45) is 0 Å². The first-order valence-electron chi connectivity index (χ1n) is 15.0. The third-order valence-corrected chi connectivity index (χ3v) is 8.00. The number of carbonyl (C=O) groups is 2. The average Bonchev–Trinajstić information content (AvgIpc) is 3.53. The number of rotatable bonds is 12. The number of nitrogens with one attached hydrogen (secondary N) is 2. The summed E-state index contributed by atoms with van der Waals surface area (Å²) in [6, 6.07) is 19.3. The molecule has 0 spiro atoms. The topological polar surface area (TPSA) is 187 Å². The molecular weight excluding hydrogens is 626 g/mol. The Morgan fingerprint density at radius 1 is 1.06 bits per heavy atom. The van der Waals surface area contributed by atoms with Crippen molar-refractivity contribution in [3.63, 3.8) is 0 Å². The van der Waals surface area contributed by atoms with Crippen molar-refractivity contribution in [3.05, 3.63) is 93.5 Å². The van der Waals surface area contributed by atoms with Crippen LogP contribution in [0.25, 0.3) is 0 Å². The van der Waals surface area contributed by atoms with Gasteiger partial charge in [0.1, 0.15) is 18.0 Å². The molecule has 0 heterocycles. The monoisotopic (exact) mass is 662 g/mol. The number of nitrogens with zero attached hydrogens (tertiary/aromatic N) is 3. The molecule has 0 saturated heterocycles. The Bertz CT molecular complexity index is 1650. The second-order valence-corrected chi connectivity index (χ2v) is 12.9. The molecule has 0 aromatic heterocycles. The lowest BCUT2D eigenvalue weighted by molar-refractivity contribution is -0.383. The predicted octanol–water partition coefficient (Wildman–Crippen LogP) is 5.66. The van der Waals surface area contributed by atoms with Crippen LogP contribution in [0.1, 0.15) is 63.1 Å². The highest BCUT2D eigenvalue weighted by Gasteiger charge is 2.33. The van der Waals surface area contributed by atoms with Gasteiger partial charge in [0.05, 0.1) is 33.5 Å². The van der Waals surface area contributed by atoms with Crippen molar-refractivity contribution in [2.75, 3.05) is 9.62 Å². The number of carbonyl (C=O) groups excluding carboxylic acids is 2. The number of nitriles is 1. The maximum Gasteiger partial charge on any atom is 0.408 e. The summed E-state index contributed by atoms with van der Waals surface area (Å²) in [6.45, 7) is 5.37. The number of benzene rings is 3. The van der Waals surface area contributed by atoms with Crippen LogP contribution in [-0.2, 0) is 33.8 Å². The number of nitro benzene ring substituents is 1. The van der Waals surface area contributed by atoms with E-state index in [9.17, 15) is 28.5 Å². The number of anilines is 2. The number of amides is 2. The smallest absolute Gasteiger partial charge is 0.408 e. The normalized spacial score (nSPS) is 14.4. The summed E-state index contributed by atoms with van der Waals surface area (Å²) < 4.78 is 36.6. The molecule has 47 heavy (non-hydrogen) atoms. The molecule has 3 aromatic rings. The van der Waals surface area contributed by atoms with E-state index in [0.29, 0.717) is 21.2 Å². The fourth-order valence-corrected chi connectivity index (χ4v) is 5.60. The second-order valence-electron chi connectivity index (χ2n) is 12.1. The number of nitro groups is 1. The summed E-state index contributed by atoms with van der Waals surface area (Å²) in [5.41, 5.74) is 0.741. The average molecular weight is 663 g/mol. The lowest BCUT2D eigenvalue weighted by Gasteiger charge is -2.29. The van der Waals surface area contributed by atoms with Crippen molar-refractivity contribution in [1.82, 2.24) is 5.32 Å². The Morgan fingerprint density at radius 3 is 2.28 bits per heavy atom. The van der Waals surface area contributed by atoms with Gasteiger partial charge in [0.25, 0.3) is 11.6 Å². The molecule has 13 nitrogen and oxygen atoms in total. The van der Waals surface area contributed by atoms with Gasteiger partial charge in [-0.3, -0.25) is 19.1 Å². The van der Waals surface area contributed by atoms with E-state index >= 15 is 0 Å². The highest BCUT2D eigenvalue weighted by Crippen LogP contribution is 2.33. The fourth-order valence-electron chi connectivity index (χ4n) is 5.05. The molecule has 2 N–H and O–H groups in total. The number of ether oxygens (including phenoxy) is 2. The Hall–Kier alpha value is -5.00. The standard InChI is InChI=1S/C33H37N5O8S/c1-33(2,3)36-32(40)46-30(18-22-12-15-27(16-13-22)45-21-24-10-8-23(20-34)9-11-24)31(39)37(47(43)44)26-14-17-28(29(19-26)38(41)42)35-25-6-4-5-7-25/h8-17,19,25,30,35H,4-7,18,21H2,1-3H3,(H,36,40)(H,43,44)/p-1/t30-/m0/s1. The van der Waals surface area contributed by atoms with E-state index in [-0.39, 0.29) is 30.4 Å². The fraction of sp³-hybridized carbons (Fsp3) is 0.364. The molecular formula is C33H36N5O8S-. The number of alkyl carbamates (subject to hydrolysis) is 1. The molecule has 1 aliphatic carbocycles. The molecule has 1 fully saturated rings. The van der Waals surface area contributed by atoms with Crippen LogP contribution < -0.4 is 19.7 Å². The maximum absolute atomic E-state index is 13.8. The maximum atomic E-state index is 13.8. The molecule has 1 unspecified atom stereocenters. The second kappa shape index (κ2) is 15.5. The van der Waals surface area contributed by atoms with E-state index in [4.69, 9.17) is 14.7 Å². The van der Waals surface area contributed by atoms with Gasteiger partial charge in [-0.05, 0) is 81.1 Å². The van der Waals surface area contributed by atoms with E-state index in [0.717, 1.165) is 37.3 Å². The van der Waals surface area contributed by atoms with Crippen molar-refractivity contribution in [3.8, 4) is 11.8 Å². The first-order valence-corrected chi connectivity index (χ1v) is 16.0. The molecule has 3 aromatic carbocycles. The van der Waals surface area contributed by atoms with Crippen LogP contribution in [-0.4, -0.2) is 43.4 Å². The zero-order valence-electron chi connectivity index (χ0n) is 26.3. The van der Waals surface area contributed by atoms with Crippen LogP contribution in [0.15, 0.2) is 66.7 Å². The van der Waals surface area contributed by atoms with Gasteiger partial charge >= 0.3 is 6.09 Å². The highest BCUT2D eigenvalue weighted by atomic mass is 32.2. The van der Waals surface area contributed by atoms with Crippen LogP contribution in [0.3, 0.4) is 0 Å². The van der Waals surface area contributed by atoms with Crippen molar-refractivity contribution < 1.29 is 32.7 Å². The molecule has 0 bridgehead atoms. The van der Waals surface area contributed by atoms with E-state index in [1.165, 1.54) is 12.1 Å². The van der Waals surface area contributed by atoms with Crippen LogP contribution in [0.4, 0.5) is 21.9 Å². The molecule has 1 saturated carbocycles. The molecule has 0 radical (unpaired) electrons. The molecule has 2 atom stereocenters. The van der Waals surface area contributed by atoms with Gasteiger partial charge in [-0.1, -0.05) is 37.1 Å². The lowest BCUT2D eigenvalue weighted by Crippen LogP contribution is -2.48. The van der Waals surface area contributed by atoms with Gasteiger partial charge in [-0.25, -0.2) is 9.10 Å². The molecule has 1 aliphatic rings. The van der Waals surface area contributed by atoms with Gasteiger partial charge in [0.15, 0.2) is 6.10 Å². The zero-order valence-corrected chi connectivity index (χ0v) is 27.1. The lowest BCUT2D eigenvalue weighted by atomic mass is 10.1. The largest absolute Gasteiger partial charge is 0.755 e. The highest BCUT2D eigenvalue weighted by molar-refractivity contribution is 7.81. The molecule has 0 aliphatic heterocycles. The van der Waals surface area contributed by atoms with Crippen molar-refractivity contribution in [2.45, 2.75) is 77.2 Å². The van der Waals surface area contributed by atoms with Crippen LogP contribution >= 0.6 is 0 Å². The Kier molecular flexibility index (Phi) is 11.5. The van der Waals surface area contributed by atoms with E-state index in [2.05, 4.69) is 16.7 Å².